The average Bonchev–Trinajstić information content (AvgIpc) is 2.85. The number of aromatic nitrogens is 1. The highest BCUT2D eigenvalue weighted by Gasteiger charge is 2.06. The van der Waals surface area contributed by atoms with Gasteiger partial charge in [0.05, 0.1) is 17.8 Å². The van der Waals surface area contributed by atoms with Crippen LogP contribution in [0.25, 0.3) is 11.3 Å². The van der Waals surface area contributed by atoms with Crippen molar-refractivity contribution in [3.63, 3.8) is 0 Å². The van der Waals surface area contributed by atoms with Crippen molar-refractivity contribution in [2.24, 2.45) is 0 Å². The van der Waals surface area contributed by atoms with E-state index in [0.29, 0.717) is 0 Å². The largest absolute Gasteiger partial charge is 0.496 e. The van der Waals surface area contributed by atoms with E-state index in [2.05, 4.69) is 34.7 Å². The molecule has 1 aromatic carbocycles. The molecule has 1 heterocycles. The van der Waals surface area contributed by atoms with E-state index < -0.39 is 0 Å². The number of hydrogen-bond donors (Lipinski definition) is 1. The van der Waals surface area contributed by atoms with Crippen LogP contribution in [-0.4, -0.2) is 25.7 Å². The Kier molecular flexibility index (Phi) is 4.33. The number of benzene rings is 1. The normalized spacial score (nSPS) is 10.6. The van der Waals surface area contributed by atoms with Crippen molar-refractivity contribution >= 4 is 11.3 Å². The molecule has 0 atom stereocenters. The van der Waals surface area contributed by atoms with Crippen LogP contribution in [0.2, 0.25) is 0 Å². The van der Waals surface area contributed by atoms with Gasteiger partial charge in [0, 0.05) is 23.9 Å². The molecule has 0 radical (unpaired) electrons. The Morgan fingerprint density at radius 3 is 2.89 bits per heavy atom. The molecule has 0 fully saturated rings. The predicted molar refractivity (Wildman–Crippen MR) is 76.5 cm³/mol. The molecule has 0 saturated heterocycles. The molecule has 0 aliphatic heterocycles. The quantitative estimate of drug-likeness (QED) is 0.899. The molecule has 0 aliphatic carbocycles. The van der Waals surface area contributed by atoms with E-state index in [9.17, 15) is 0 Å². The highest BCUT2D eigenvalue weighted by atomic mass is 32.1. The molecule has 2 aromatic rings. The van der Waals surface area contributed by atoms with Crippen molar-refractivity contribution in [3.05, 3.63) is 34.2 Å². The van der Waals surface area contributed by atoms with Gasteiger partial charge in [0.25, 0.3) is 0 Å². The zero-order valence-electron chi connectivity index (χ0n) is 11.0. The fourth-order valence-electron chi connectivity index (χ4n) is 1.83. The minimum absolute atomic E-state index is 0.921. The summed E-state index contributed by atoms with van der Waals surface area (Å²) in [7, 11) is 3.65. The molecule has 0 aliphatic rings. The Hall–Kier alpha value is -1.39. The highest BCUT2D eigenvalue weighted by Crippen LogP contribution is 2.27. The Morgan fingerprint density at radius 1 is 1.39 bits per heavy atom. The molecule has 1 N–H and O–H groups in total. The zero-order valence-corrected chi connectivity index (χ0v) is 11.8. The van der Waals surface area contributed by atoms with Crippen LogP contribution in [0.1, 0.15) is 10.6 Å². The number of hydrogen-bond acceptors (Lipinski definition) is 4. The standard InChI is InChI=1S/C14H18N2OS/c1-10-8-11(4-5-13(10)17-3)12-9-18-14(16-12)6-7-15-2/h4-5,8-9,15H,6-7H2,1-3H3. The van der Waals surface area contributed by atoms with Crippen LogP contribution in [0.5, 0.6) is 5.75 Å². The second-order valence-electron chi connectivity index (χ2n) is 4.16. The molecule has 18 heavy (non-hydrogen) atoms. The van der Waals surface area contributed by atoms with E-state index in [-0.39, 0.29) is 0 Å². The van der Waals surface area contributed by atoms with Gasteiger partial charge >= 0.3 is 0 Å². The summed E-state index contributed by atoms with van der Waals surface area (Å²) < 4.78 is 5.27. The van der Waals surface area contributed by atoms with Crippen molar-refractivity contribution in [3.8, 4) is 17.0 Å². The topological polar surface area (TPSA) is 34.2 Å². The summed E-state index contributed by atoms with van der Waals surface area (Å²) >= 11 is 1.72. The molecule has 2 rings (SSSR count). The SMILES string of the molecule is CNCCc1nc(-c2ccc(OC)c(C)c2)cs1. The molecule has 1 aromatic heterocycles. The van der Waals surface area contributed by atoms with Crippen LogP contribution in [-0.2, 0) is 6.42 Å². The lowest BCUT2D eigenvalue weighted by Gasteiger charge is -2.05. The van der Waals surface area contributed by atoms with E-state index >= 15 is 0 Å². The van der Waals surface area contributed by atoms with Crippen molar-refractivity contribution in [1.29, 1.82) is 0 Å². The van der Waals surface area contributed by atoms with Crippen LogP contribution in [0.3, 0.4) is 0 Å². The minimum Gasteiger partial charge on any atom is -0.496 e. The van der Waals surface area contributed by atoms with Gasteiger partial charge in [0.2, 0.25) is 0 Å². The van der Waals surface area contributed by atoms with Crippen molar-refractivity contribution in [2.75, 3.05) is 20.7 Å². The van der Waals surface area contributed by atoms with Crippen molar-refractivity contribution < 1.29 is 4.74 Å². The number of rotatable bonds is 5. The lowest BCUT2D eigenvalue weighted by Crippen LogP contribution is -2.09. The predicted octanol–water partition coefficient (Wildman–Crippen LogP) is 2.89. The Morgan fingerprint density at radius 2 is 2.22 bits per heavy atom. The Labute approximate surface area is 112 Å². The average molecular weight is 262 g/mol. The molecule has 0 saturated carbocycles. The second-order valence-corrected chi connectivity index (χ2v) is 5.11. The van der Waals surface area contributed by atoms with Gasteiger partial charge < -0.3 is 10.1 Å². The molecule has 3 nitrogen and oxygen atoms in total. The smallest absolute Gasteiger partial charge is 0.121 e. The van der Waals surface area contributed by atoms with E-state index in [1.807, 2.05) is 13.1 Å². The van der Waals surface area contributed by atoms with Crippen LogP contribution in [0.4, 0.5) is 0 Å². The molecule has 96 valence electrons. The van der Waals surface area contributed by atoms with Gasteiger partial charge in [-0.2, -0.15) is 0 Å². The molecular formula is C14H18N2OS. The van der Waals surface area contributed by atoms with Crippen LogP contribution in [0.15, 0.2) is 23.6 Å². The summed E-state index contributed by atoms with van der Waals surface area (Å²) in [6.45, 7) is 3.02. The number of ether oxygens (including phenoxy) is 1. The molecule has 0 unspecified atom stereocenters. The molecular weight excluding hydrogens is 244 g/mol. The molecule has 0 spiro atoms. The Bertz CT molecular complexity index is 522. The fourth-order valence-corrected chi connectivity index (χ4v) is 2.64. The number of thiazole rings is 1. The van der Waals surface area contributed by atoms with Crippen LogP contribution in [0, 0.1) is 6.92 Å². The maximum Gasteiger partial charge on any atom is 0.121 e. The van der Waals surface area contributed by atoms with E-state index in [0.717, 1.165) is 35.5 Å². The number of likely N-dealkylation sites (N-methyl/N-ethyl adjacent to an activating group) is 1. The van der Waals surface area contributed by atoms with Gasteiger partial charge in [0.15, 0.2) is 0 Å². The van der Waals surface area contributed by atoms with Crippen LogP contribution < -0.4 is 10.1 Å². The maximum atomic E-state index is 5.27. The third-order valence-electron chi connectivity index (χ3n) is 2.83. The third-order valence-corrected chi connectivity index (χ3v) is 3.74. The molecule has 0 bridgehead atoms. The summed E-state index contributed by atoms with van der Waals surface area (Å²) in [6, 6.07) is 6.18. The van der Waals surface area contributed by atoms with Gasteiger partial charge in [-0.3, -0.25) is 0 Å². The number of nitrogens with zero attached hydrogens (tertiary/aromatic N) is 1. The van der Waals surface area contributed by atoms with Crippen LogP contribution >= 0.6 is 11.3 Å². The summed E-state index contributed by atoms with van der Waals surface area (Å²) in [5.74, 6) is 0.921. The first-order chi connectivity index (χ1) is 8.74. The fraction of sp³-hybridized carbons (Fsp3) is 0.357. The zero-order chi connectivity index (χ0) is 13.0. The van der Waals surface area contributed by atoms with Gasteiger partial charge in [0.1, 0.15) is 5.75 Å². The minimum atomic E-state index is 0.921. The first-order valence-corrected chi connectivity index (χ1v) is 6.86. The van der Waals surface area contributed by atoms with E-state index in [1.54, 1.807) is 18.4 Å². The summed E-state index contributed by atoms with van der Waals surface area (Å²) in [4.78, 5) is 4.65. The summed E-state index contributed by atoms with van der Waals surface area (Å²) in [5, 5.41) is 6.43. The number of nitrogens with one attached hydrogen (secondary N) is 1. The number of aryl methyl sites for hydroxylation is 1. The van der Waals surface area contributed by atoms with Gasteiger partial charge in [-0.1, -0.05) is 0 Å². The summed E-state index contributed by atoms with van der Waals surface area (Å²) in [6.07, 6.45) is 0.982. The van der Waals surface area contributed by atoms with Crippen molar-refractivity contribution in [1.82, 2.24) is 10.3 Å². The Balaban J connectivity index is 2.20. The monoisotopic (exact) mass is 262 g/mol. The van der Waals surface area contributed by atoms with Gasteiger partial charge in [-0.25, -0.2) is 4.98 Å². The first-order valence-electron chi connectivity index (χ1n) is 5.98. The lowest BCUT2D eigenvalue weighted by atomic mass is 10.1. The van der Waals surface area contributed by atoms with E-state index in [4.69, 9.17) is 4.74 Å². The van der Waals surface area contributed by atoms with Gasteiger partial charge in [-0.05, 0) is 37.7 Å². The molecule has 4 heteroatoms. The highest BCUT2D eigenvalue weighted by molar-refractivity contribution is 7.09. The molecule has 0 amide bonds. The third kappa shape index (κ3) is 2.89. The van der Waals surface area contributed by atoms with Crippen molar-refractivity contribution in [2.45, 2.75) is 13.3 Å². The number of methoxy groups -OCH3 is 1. The maximum absolute atomic E-state index is 5.27. The van der Waals surface area contributed by atoms with Gasteiger partial charge in [-0.15, -0.1) is 11.3 Å². The second kappa shape index (κ2) is 5.98. The first kappa shape index (κ1) is 13.1. The lowest BCUT2D eigenvalue weighted by molar-refractivity contribution is 0.412. The van der Waals surface area contributed by atoms with E-state index in [1.165, 1.54) is 5.01 Å². The summed E-state index contributed by atoms with van der Waals surface area (Å²) in [5.41, 5.74) is 3.34.